The van der Waals surface area contributed by atoms with Gasteiger partial charge < -0.3 is 0 Å². The zero-order chi connectivity index (χ0) is 24.7. The molecule has 8 rings (SSSR count). The van der Waals surface area contributed by atoms with Gasteiger partial charge in [0.05, 0.1) is 22.2 Å². The number of hydrogen-bond acceptors (Lipinski definition) is 3. The van der Waals surface area contributed by atoms with Gasteiger partial charge in [0.25, 0.3) is 0 Å². The van der Waals surface area contributed by atoms with Crippen molar-refractivity contribution in [3.05, 3.63) is 113 Å². The first-order valence-corrected chi connectivity index (χ1v) is 13.5. The Morgan fingerprint density at radius 2 is 1.27 bits per heavy atom. The Morgan fingerprint density at radius 1 is 0.622 bits per heavy atom. The number of hydrogen-bond donors (Lipinski definition) is 0. The first-order valence-electron chi connectivity index (χ1n) is 12.6. The predicted octanol–water partition coefficient (Wildman–Crippen LogP) is 8.76. The van der Waals surface area contributed by atoms with Gasteiger partial charge in [-0.3, -0.25) is 4.57 Å². The second-order valence-electron chi connectivity index (χ2n) is 10.3. The van der Waals surface area contributed by atoms with E-state index < -0.39 is 0 Å². The van der Waals surface area contributed by atoms with Gasteiger partial charge in [-0.15, -0.1) is 11.3 Å². The van der Waals surface area contributed by atoms with Crippen molar-refractivity contribution in [1.82, 2.24) is 14.5 Å². The van der Waals surface area contributed by atoms with Gasteiger partial charge in [-0.2, -0.15) is 0 Å². The summed E-state index contributed by atoms with van der Waals surface area (Å²) < 4.78 is 2.22. The molecule has 0 bridgehead atoms. The number of thiophene rings is 1. The van der Waals surface area contributed by atoms with Crippen molar-refractivity contribution in [2.45, 2.75) is 19.3 Å². The van der Waals surface area contributed by atoms with Crippen LogP contribution in [-0.2, 0) is 5.41 Å². The maximum Gasteiger partial charge on any atom is 0.235 e. The van der Waals surface area contributed by atoms with E-state index >= 15 is 0 Å². The highest BCUT2D eigenvalue weighted by Gasteiger charge is 2.38. The summed E-state index contributed by atoms with van der Waals surface area (Å²) in [6.45, 7) is 4.67. The summed E-state index contributed by atoms with van der Waals surface area (Å²) >= 11 is 1.68. The Hall–Kier alpha value is -4.28. The minimum absolute atomic E-state index is 0.122. The van der Waals surface area contributed by atoms with Crippen LogP contribution in [0.25, 0.3) is 61.0 Å². The minimum Gasteiger partial charge on any atom is -0.278 e. The Morgan fingerprint density at radius 3 is 2.05 bits per heavy atom. The number of nitrogens with zero attached hydrogens (tertiary/aromatic N) is 3. The van der Waals surface area contributed by atoms with E-state index in [9.17, 15) is 0 Å². The van der Waals surface area contributed by atoms with E-state index in [1.54, 1.807) is 11.3 Å². The highest BCUT2D eigenvalue weighted by molar-refractivity contribution is 7.09. The maximum absolute atomic E-state index is 5.35. The summed E-state index contributed by atoms with van der Waals surface area (Å²) in [5.41, 5.74) is 10.6. The molecule has 37 heavy (non-hydrogen) atoms. The molecular formula is C33H23N3S. The van der Waals surface area contributed by atoms with E-state index in [1.807, 2.05) is 0 Å². The second-order valence-corrected chi connectivity index (χ2v) is 11.1. The van der Waals surface area contributed by atoms with Crippen LogP contribution in [0.4, 0.5) is 0 Å². The van der Waals surface area contributed by atoms with Crippen LogP contribution in [0.15, 0.2) is 102 Å². The zero-order valence-corrected chi connectivity index (χ0v) is 21.4. The number of para-hydroxylation sites is 2. The van der Waals surface area contributed by atoms with Gasteiger partial charge in [0, 0.05) is 37.9 Å². The molecule has 4 heteroatoms. The molecule has 1 aliphatic rings. The summed E-state index contributed by atoms with van der Waals surface area (Å²) in [6, 6.07) is 32.5. The molecule has 0 unspecified atom stereocenters. The molecule has 3 aromatic heterocycles. The molecule has 0 saturated carbocycles. The highest BCUT2D eigenvalue weighted by atomic mass is 32.1. The molecule has 0 amide bonds. The summed E-state index contributed by atoms with van der Waals surface area (Å²) in [5.74, 6) is 0.712. The molecular weight excluding hydrogens is 470 g/mol. The average molecular weight is 494 g/mol. The van der Waals surface area contributed by atoms with Crippen molar-refractivity contribution in [3.8, 4) is 28.3 Å². The second kappa shape index (κ2) is 7.37. The summed E-state index contributed by atoms with van der Waals surface area (Å²) in [6.07, 6.45) is 0. The lowest BCUT2D eigenvalue weighted by Crippen LogP contribution is -2.16. The fourth-order valence-corrected chi connectivity index (χ4v) is 7.08. The summed E-state index contributed by atoms with van der Waals surface area (Å²) in [7, 11) is 0. The summed E-state index contributed by atoms with van der Waals surface area (Å²) in [5, 5.41) is 7.86. The molecule has 0 fully saturated rings. The van der Waals surface area contributed by atoms with Crippen LogP contribution in [0.2, 0.25) is 0 Å². The average Bonchev–Trinajstić information content (AvgIpc) is 3.60. The van der Waals surface area contributed by atoms with E-state index in [0.29, 0.717) is 5.95 Å². The SMILES string of the molecule is CC1(C)c2ccccc2-c2cccc(-c3nc(-n4c5ccccc5c5ccccc54)nc4cscc34)c21. The van der Waals surface area contributed by atoms with E-state index in [0.717, 1.165) is 27.6 Å². The first kappa shape index (κ1) is 20.9. The third-order valence-electron chi connectivity index (χ3n) is 7.94. The minimum atomic E-state index is -0.122. The van der Waals surface area contributed by atoms with Gasteiger partial charge in [-0.1, -0.05) is 92.7 Å². The van der Waals surface area contributed by atoms with Crippen LogP contribution < -0.4 is 0 Å². The van der Waals surface area contributed by atoms with Crippen molar-refractivity contribution in [3.63, 3.8) is 0 Å². The molecule has 0 N–H and O–H groups in total. The smallest absolute Gasteiger partial charge is 0.235 e. The van der Waals surface area contributed by atoms with Gasteiger partial charge in [-0.25, -0.2) is 9.97 Å². The fraction of sp³-hybridized carbons (Fsp3) is 0.0909. The van der Waals surface area contributed by atoms with Crippen LogP contribution in [0, 0.1) is 0 Å². The molecule has 7 aromatic rings. The predicted molar refractivity (Wildman–Crippen MR) is 155 cm³/mol. The van der Waals surface area contributed by atoms with Gasteiger partial charge in [0.2, 0.25) is 5.95 Å². The van der Waals surface area contributed by atoms with Crippen LogP contribution in [0.1, 0.15) is 25.0 Å². The number of benzene rings is 4. The Balaban J connectivity index is 1.46. The van der Waals surface area contributed by atoms with Gasteiger partial charge >= 0.3 is 0 Å². The molecule has 176 valence electrons. The first-order chi connectivity index (χ1) is 18.1. The third-order valence-corrected chi connectivity index (χ3v) is 8.68. The monoisotopic (exact) mass is 493 g/mol. The van der Waals surface area contributed by atoms with E-state index in [4.69, 9.17) is 9.97 Å². The molecule has 3 nitrogen and oxygen atoms in total. The van der Waals surface area contributed by atoms with E-state index in [1.165, 1.54) is 38.6 Å². The molecule has 4 aromatic carbocycles. The number of aromatic nitrogens is 3. The van der Waals surface area contributed by atoms with Gasteiger partial charge in [0.1, 0.15) is 0 Å². The molecule has 0 radical (unpaired) electrons. The maximum atomic E-state index is 5.35. The van der Waals surface area contributed by atoms with Crippen molar-refractivity contribution in [2.24, 2.45) is 0 Å². The van der Waals surface area contributed by atoms with Crippen LogP contribution in [0.3, 0.4) is 0 Å². The lowest BCUT2D eigenvalue weighted by Gasteiger charge is -2.24. The standard InChI is InChI=1S/C33H23N3S/c1-33(2)26-15-6-3-10-20(26)23-13-9-14-24(30(23)33)31-25-18-37-19-27(25)34-32(35-31)36-28-16-7-4-11-21(28)22-12-5-8-17-29(22)36/h3-19H,1-2H3. The van der Waals surface area contributed by atoms with Crippen molar-refractivity contribution < 1.29 is 0 Å². The van der Waals surface area contributed by atoms with Crippen molar-refractivity contribution in [2.75, 3.05) is 0 Å². The lowest BCUT2D eigenvalue weighted by atomic mass is 9.79. The molecule has 0 spiro atoms. The Kier molecular flexibility index (Phi) is 4.16. The quantitative estimate of drug-likeness (QED) is 0.241. The summed E-state index contributed by atoms with van der Waals surface area (Å²) in [4.78, 5) is 10.4. The largest absolute Gasteiger partial charge is 0.278 e. The fourth-order valence-electron chi connectivity index (χ4n) is 6.34. The Labute approximate surface area is 218 Å². The molecule has 3 heterocycles. The third kappa shape index (κ3) is 2.76. The zero-order valence-electron chi connectivity index (χ0n) is 20.6. The normalized spacial score (nSPS) is 13.9. The highest BCUT2D eigenvalue weighted by Crippen LogP contribution is 2.52. The van der Waals surface area contributed by atoms with Gasteiger partial charge in [0.15, 0.2) is 0 Å². The Bertz CT molecular complexity index is 1970. The molecule has 0 aliphatic heterocycles. The van der Waals surface area contributed by atoms with Crippen LogP contribution in [0.5, 0.6) is 0 Å². The van der Waals surface area contributed by atoms with Crippen LogP contribution >= 0.6 is 11.3 Å². The van der Waals surface area contributed by atoms with Gasteiger partial charge in [-0.05, 0) is 34.4 Å². The molecule has 0 saturated heterocycles. The van der Waals surface area contributed by atoms with Crippen LogP contribution in [-0.4, -0.2) is 14.5 Å². The number of rotatable bonds is 2. The van der Waals surface area contributed by atoms with E-state index in [-0.39, 0.29) is 5.41 Å². The topological polar surface area (TPSA) is 30.7 Å². The van der Waals surface area contributed by atoms with E-state index in [2.05, 4.69) is 120 Å². The molecule has 0 atom stereocenters. The number of fused-ring (bicyclic) bond motifs is 7. The van der Waals surface area contributed by atoms with Crippen molar-refractivity contribution in [1.29, 1.82) is 0 Å². The molecule has 1 aliphatic carbocycles. The van der Waals surface area contributed by atoms with Crippen molar-refractivity contribution >= 4 is 44.0 Å². The lowest BCUT2D eigenvalue weighted by molar-refractivity contribution is 0.662.